The molecule has 0 unspecified atom stereocenters. The van der Waals surface area contributed by atoms with Crippen molar-refractivity contribution in [1.29, 1.82) is 0 Å². The lowest BCUT2D eigenvalue weighted by Gasteiger charge is -2.19. The Bertz CT molecular complexity index is 855. The maximum Gasteiger partial charge on any atom is 0.238 e. The van der Waals surface area contributed by atoms with Gasteiger partial charge >= 0.3 is 0 Å². The summed E-state index contributed by atoms with van der Waals surface area (Å²) >= 11 is 5.35. The molecule has 0 saturated heterocycles. The number of carbonyl (C=O) groups is 1. The van der Waals surface area contributed by atoms with Crippen molar-refractivity contribution in [3.63, 3.8) is 0 Å². The third-order valence-corrected chi connectivity index (χ3v) is 4.36. The molecule has 4 heteroatoms. The van der Waals surface area contributed by atoms with Gasteiger partial charge in [0.25, 0.3) is 0 Å². The first-order valence-electron chi connectivity index (χ1n) is 8.42. The fourth-order valence-electron chi connectivity index (χ4n) is 2.84. The van der Waals surface area contributed by atoms with Crippen molar-refractivity contribution < 1.29 is 4.79 Å². The molecule has 2 N–H and O–H groups in total. The molecule has 0 saturated carbocycles. The maximum absolute atomic E-state index is 13.0. The zero-order valence-electron chi connectivity index (χ0n) is 14.5. The van der Waals surface area contributed by atoms with Gasteiger partial charge in [-0.25, -0.2) is 0 Å². The highest BCUT2D eigenvalue weighted by atomic mass is 32.1. The van der Waals surface area contributed by atoms with Crippen LogP contribution in [-0.2, 0) is 4.79 Å². The molecule has 26 heavy (non-hydrogen) atoms. The van der Waals surface area contributed by atoms with E-state index in [4.69, 9.17) is 12.2 Å². The summed E-state index contributed by atoms with van der Waals surface area (Å²) in [6.45, 7) is 1.99. The van der Waals surface area contributed by atoms with E-state index in [9.17, 15) is 4.79 Å². The average molecular weight is 360 g/mol. The van der Waals surface area contributed by atoms with E-state index in [1.54, 1.807) is 0 Å². The zero-order chi connectivity index (χ0) is 18.4. The van der Waals surface area contributed by atoms with E-state index in [-0.39, 0.29) is 5.91 Å². The number of benzene rings is 3. The van der Waals surface area contributed by atoms with Gasteiger partial charge in [0, 0.05) is 5.69 Å². The van der Waals surface area contributed by atoms with Crippen LogP contribution in [0.5, 0.6) is 0 Å². The molecule has 0 fully saturated rings. The van der Waals surface area contributed by atoms with E-state index in [0.29, 0.717) is 5.11 Å². The fraction of sp³-hybridized carbons (Fsp3) is 0.0909. The van der Waals surface area contributed by atoms with Gasteiger partial charge in [-0.05, 0) is 41.9 Å². The summed E-state index contributed by atoms with van der Waals surface area (Å²) in [5.74, 6) is -0.581. The first-order valence-corrected chi connectivity index (χ1v) is 8.83. The predicted molar refractivity (Wildman–Crippen MR) is 110 cm³/mol. The molecule has 3 nitrogen and oxygen atoms in total. The van der Waals surface area contributed by atoms with Crippen molar-refractivity contribution in [2.24, 2.45) is 0 Å². The predicted octanol–water partition coefficient (Wildman–Crippen LogP) is 4.64. The van der Waals surface area contributed by atoms with Crippen LogP contribution in [0.2, 0.25) is 0 Å². The molecular formula is C22H20N2OS. The molecule has 0 spiro atoms. The van der Waals surface area contributed by atoms with Gasteiger partial charge in [0.15, 0.2) is 5.11 Å². The first kappa shape index (κ1) is 17.8. The lowest BCUT2D eigenvalue weighted by Crippen LogP contribution is -2.38. The maximum atomic E-state index is 13.0. The lowest BCUT2D eigenvalue weighted by molar-refractivity contribution is -0.120. The fourth-order valence-corrected chi connectivity index (χ4v) is 3.05. The Hall–Kier alpha value is -2.98. The summed E-state index contributed by atoms with van der Waals surface area (Å²) < 4.78 is 0. The minimum Gasteiger partial charge on any atom is -0.332 e. The molecule has 3 aromatic rings. The average Bonchev–Trinajstić information content (AvgIpc) is 2.65. The number of carbonyl (C=O) groups excluding carboxylic acids is 1. The SMILES string of the molecule is Cc1ccccc1NC(=S)NC(=O)C(c1ccccc1)c1ccccc1. The quantitative estimate of drug-likeness (QED) is 0.666. The molecule has 0 heterocycles. The molecule has 0 radical (unpaired) electrons. The van der Waals surface area contributed by atoms with E-state index >= 15 is 0 Å². The highest BCUT2D eigenvalue weighted by Gasteiger charge is 2.23. The number of para-hydroxylation sites is 1. The minimum absolute atomic E-state index is 0.159. The summed E-state index contributed by atoms with van der Waals surface area (Å²) in [6.07, 6.45) is 0. The minimum atomic E-state index is -0.422. The number of hydrogen-bond acceptors (Lipinski definition) is 2. The molecule has 0 aliphatic heterocycles. The van der Waals surface area contributed by atoms with Gasteiger partial charge in [0.1, 0.15) is 0 Å². The Morgan fingerprint density at radius 2 is 1.31 bits per heavy atom. The van der Waals surface area contributed by atoms with Crippen LogP contribution < -0.4 is 10.6 Å². The molecule has 1 amide bonds. The Balaban J connectivity index is 1.80. The number of aryl methyl sites for hydroxylation is 1. The van der Waals surface area contributed by atoms with Gasteiger partial charge in [-0.15, -0.1) is 0 Å². The molecule has 130 valence electrons. The summed E-state index contributed by atoms with van der Waals surface area (Å²) in [5.41, 5.74) is 3.80. The molecule has 0 bridgehead atoms. The Labute approximate surface area is 159 Å². The number of nitrogens with one attached hydrogen (secondary N) is 2. The van der Waals surface area contributed by atoms with E-state index in [1.165, 1.54) is 0 Å². The monoisotopic (exact) mass is 360 g/mol. The molecule has 3 aromatic carbocycles. The van der Waals surface area contributed by atoms with Crippen LogP contribution in [0, 0.1) is 6.92 Å². The summed E-state index contributed by atoms with van der Waals surface area (Å²) in [4.78, 5) is 13.0. The summed E-state index contributed by atoms with van der Waals surface area (Å²) in [6, 6.07) is 27.2. The molecule has 0 aliphatic carbocycles. The molecule has 0 atom stereocenters. The van der Waals surface area contributed by atoms with Crippen LogP contribution in [0.3, 0.4) is 0 Å². The van der Waals surface area contributed by atoms with Crippen molar-refractivity contribution in [2.45, 2.75) is 12.8 Å². The number of hydrogen-bond donors (Lipinski definition) is 2. The van der Waals surface area contributed by atoms with Crippen molar-refractivity contribution in [1.82, 2.24) is 5.32 Å². The smallest absolute Gasteiger partial charge is 0.238 e. The first-order chi connectivity index (χ1) is 12.6. The molecule has 0 aromatic heterocycles. The van der Waals surface area contributed by atoms with Crippen LogP contribution in [0.4, 0.5) is 5.69 Å². The van der Waals surface area contributed by atoms with Crippen molar-refractivity contribution in [3.8, 4) is 0 Å². The highest BCUT2D eigenvalue weighted by Crippen LogP contribution is 2.24. The largest absolute Gasteiger partial charge is 0.332 e. The molecule has 3 rings (SSSR count). The number of thiocarbonyl (C=S) groups is 1. The number of anilines is 1. The molecule has 0 aliphatic rings. The normalized spacial score (nSPS) is 10.4. The number of rotatable bonds is 4. The lowest BCUT2D eigenvalue weighted by atomic mass is 9.90. The Morgan fingerprint density at radius 1 is 0.808 bits per heavy atom. The van der Waals surface area contributed by atoms with E-state index in [0.717, 1.165) is 22.4 Å². The van der Waals surface area contributed by atoms with Crippen LogP contribution in [0.25, 0.3) is 0 Å². The standard InChI is InChI=1S/C22H20N2OS/c1-16-10-8-9-15-19(16)23-22(26)24-21(25)20(17-11-4-2-5-12-17)18-13-6-3-7-14-18/h2-15,20H,1H3,(H2,23,24,25,26). The van der Waals surface area contributed by atoms with Crippen molar-refractivity contribution in [2.75, 3.05) is 5.32 Å². The second kappa shape index (κ2) is 8.41. The zero-order valence-corrected chi connectivity index (χ0v) is 15.3. The second-order valence-corrected chi connectivity index (χ2v) is 6.42. The highest BCUT2D eigenvalue weighted by molar-refractivity contribution is 7.80. The number of amides is 1. The topological polar surface area (TPSA) is 41.1 Å². The van der Waals surface area contributed by atoms with E-state index in [1.807, 2.05) is 91.9 Å². The van der Waals surface area contributed by atoms with Gasteiger partial charge in [0.2, 0.25) is 5.91 Å². The Kier molecular flexibility index (Phi) is 5.77. The van der Waals surface area contributed by atoms with Crippen LogP contribution in [0.1, 0.15) is 22.6 Å². The van der Waals surface area contributed by atoms with E-state index in [2.05, 4.69) is 10.6 Å². The van der Waals surface area contributed by atoms with Gasteiger partial charge < -0.3 is 10.6 Å². The summed E-state index contributed by atoms with van der Waals surface area (Å²) in [7, 11) is 0. The van der Waals surface area contributed by atoms with Crippen molar-refractivity contribution in [3.05, 3.63) is 102 Å². The van der Waals surface area contributed by atoms with Gasteiger partial charge in [-0.2, -0.15) is 0 Å². The molecular weight excluding hydrogens is 340 g/mol. The van der Waals surface area contributed by atoms with Crippen LogP contribution in [0.15, 0.2) is 84.9 Å². The van der Waals surface area contributed by atoms with Crippen LogP contribution in [-0.4, -0.2) is 11.0 Å². The van der Waals surface area contributed by atoms with Gasteiger partial charge in [0.05, 0.1) is 5.92 Å². The Morgan fingerprint density at radius 3 is 1.85 bits per heavy atom. The van der Waals surface area contributed by atoms with Crippen molar-refractivity contribution >= 4 is 28.9 Å². The summed E-state index contributed by atoms with van der Waals surface area (Å²) in [5, 5.41) is 6.23. The van der Waals surface area contributed by atoms with Gasteiger partial charge in [-0.1, -0.05) is 78.9 Å². The second-order valence-electron chi connectivity index (χ2n) is 6.01. The third-order valence-electron chi connectivity index (χ3n) is 4.16. The van der Waals surface area contributed by atoms with Crippen LogP contribution >= 0.6 is 12.2 Å². The van der Waals surface area contributed by atoms with E-state index < -0.39 is 5.92 Å². The third kappa shape index (κ3) is 4.35. The van der Waals surface area contributed by atoms with Gasteiger partial charge in [-0.3, -0.25) is 4.79 Å².